The van der Waals surface area contributed by atoms with E-state index in [0.717, 1.165) is 42.9 Å². The number of halogens is 1. The number of H-pyrrole nitrogens is 1. The highest BCUT2D eigenvalue weighted by atomic mass is 19.1. The van der Waals surface area contributed by atoms with Gasteiger partial charge in [-0.3, -0.25) is 4.79 Å². The van der Waals surface area contributed by atoms with Crippen LogP contribution in [0.2, 0.25) is 0 Å². The molecule has 1 fully saturated rings. The lowest BCUT2D eigenvalue weighted by atomic mass is 9.78. The fourth-order valence-corrected chi connectivity index (χ4v) is 4.20. The molecule has 2 aromatic rings. The molecule has 0 aliphatic carbocycles. The molecule has 6 heteroatoms. The average molecular weight is 356 g/mol. The summed E-state index contributed by atoms with van der Waals surface area (Å²) in [6.07, 6.45) is 3.74. The molecule has 0 saturated carbocycles. The van der Waals surface area contributed by atoms with Crippen LogP contribution in [0.15, 0.2) is 24.4 Å². The number of piperidine rings is 1. The van der Waals surface area contributed by atoms with Crippen molar-refractivity contribution in [2.45, 2.75) is 44.6 Å². The van der Waals surface area contributed by atoms with E-state index in [2.05, 4.69) is 29.1 Å². The lowest BCUT2D eigenvalue weighted by Gasteiger charge is -2.39. The molecule has 1 saturated heterocycles. The molecule has 0 atom stereocenters. The number of nitrogens with zero attached hydrogens (tertiary/aromatic N) is 2. The van der Waals surface area contributed by atoms with Gasteiger partial charge in [0, 0.05) is 24.4 Å². The largest absolute Gasteiger partial charge is 0.338 e. The van der Waals surface area contributed by atoms with Crippen LogP contribution in [0.1, 0.15) is 60.0 Å². The second-order valence-corrected chi connectivity index (χ2v) is 8.05. The zero-order valence-corrected chi connectivity index (χ0v) is 15.3. The Balaban J connectivity index is 1.55. The summed E-state index contributed by atoms with van der Waals surface area (Å²) in [5, 5.41) is 3.34. The molecule has 138 valence electrons. The second-order valence-electron chi connectivity index (χ2n) is 8.05. The van der Waals surface area contributed by atoms with Gasteiger partial charge in [-0.15, -0.1) is 0 Å². The Kier molecular flexibility index (Phi) is 4.31. The van der Waals surface area contributed by atoms with Crippen molar-refractivity contribution < 1.29 is 9.18 Å². The van der Waals surface area contributed by atoms with Crippen molar-refractivity contribution in [3.05, 3.63) is 52.9 Å². The summed E-state index contributed by atoms with van der Waals surface area (Å²) in [5.74, 6) is 1.03. The van der Waals surface area contributed by atoms with E-state index in [9.17, 15) is 9.18 Å². The monoisotopic (exact) mass is 356 g/mol. The zero-order valence-electron chi connectivity index (χ0n) is 15.3. The molecule has 1 amide bonds. The van der Waals surface area contributed by atoms with Gasteiger partial charge < -0.3 is 15.2 Å². The number of aromatic nitrogens is 2. The second kappa shape index (κ2) is 6.50. The highest BCUT2D eigenvalue weighted by Crippen LogP contribution is 2.34. The standard InChI is InChI=1S/C20H25FN4O/c1-20(2)12-25(11-14-3-4-15(21)9-16(14)20)19(26)17-10-23-18(24-17)13-5-7-22-8-6-13/h3-4,9-10,13,22H,5-8,11-12H2,1-2H3,(H,23,24). The van der Waals surface area contributed by atoms with Crippen LogP contribution in [0.25, 0.3) is 0 Å². The SMILES string of the molecule is CC1(C)CN(C(=O)c2cnc(C3CCNCC3)[nH]2)Cc2ccc(F)cc21. The quantitative estimate of drug-likeness (QED) is 0.870. The van der Waals surface area contributed by atoms with Gasteiger partial charge in [0.15, 0.2) is 0 Å². The first-order valence-electron chi connectivity index (χ1n) is 9.28. The summed E-state index contributed by atoms with van der Waals surface area (Å²) in [7, 11) is 0. The van der Waals surface area contributed by atoms with Crippen LogP contribution in [-0.4, -0.2) is 40.4 Å². The van der Waals surface area contributed by atoms with Crippen molar-refractivity contribution in [3.8, 4) is 0 Å². The Hall–Kier alpha value is -2.21. The predicted molar refractivity (Wildman–Crippen MR) is 97.6 cm³/mol. The molecule has 5 nitrogen and oxygen atoms in total. The first-order chi connectivity index (χ1) is 12.4. The highest BCUT2D eigenvalue weighted by molar-refractivity contribution is 5.92. The fraction of sp³-hybridized carbons (Fsp3) is 0.500. The van der Waals surface area contributed by atoms with E-state index < -0.39 is 0 Å². The number of aromatic amines is 1. The van der Waals surface area contributed by atoms with Crippen molar-refractivity contribution in [2.75, 3.05) is 19.6 Å². The third-order valence-electron chi connectivity index (χ3n) is 5.59. The molecule has 0 radical (unpaired) electrons. The Morgan fingerprint density at radius 3 is 2.85 bits per heavy atom. The van der Waals surface area contributed by atoms with Gasteiger partial charge in [0.1, 0.15) is 17.3 Å². The minimum absolute atomic E-state index is 0.0410. The molecule has 26 heavy (non-hydrogen) atoms. The first kappa shape index (κ1) is 17.2. The molecular weight excluding hydrogens is 331 g/mol. The Labute approximate surface area is 153 Å². The summed E-state index contributed by atoms with van der Waals surface area (Å²) < 4.78 is 13.6. The van der Waals surface area contributed by atoms with Crippen molar-refractivity contribution in [1.82, 2.24) is 20.2 Å². The molecule has 3 heterocycles. The molecule has 1 aromatic heterocycles. The molecule has 2 N–H and O–H groups in total. The Morgan fingerprint density at radius 2 is 2.08 bits per heavy atom. The van der Waals surface area contributed by atoms with Crippen molar-refractivity contribution in [1.29, 1.82) is 0 Å². The minimum Gasteiger partial charge on any atom is -0.338 e. The smallest absolute Gasteiger partial charge is 0.272 e. The van der Waals surface area contributed by atoms with Gasteiger partial charge in [-0.2, -0.15) is 0 Å². The van der Waals surface area contributed by atoms with Crippen LogP contribution in [-0.2, 0) is 12.0 Å². The van der Waals surface area contributed by atoms with Gasteiger partial charge in [-0.25, -0.2) is 9.37 Å². The third-order valence-corrected chi connectivity index (χ3v) is 5.59. The number of fused-ring (bicyclic) bond motifs is 1. The maximum Gasteiger partial charge on any atom is 0.272 e. The molecular formula is C20H25FN4O. The Morgan fingerprint density at radius 1 is 1.31 bits per heavy atom. The molecule has 1 aromatic carbocycles. The number of carbonyl (C=O) groups is 1. The van der Waals surface area contributed by atoms with Gasteiger partial charge in [0.05, 0.1) is 6.20 Å². The van der Waals surface area contributed by atoms with Gasteiger partial charge in [-0.05, 0) is 49.2 Å². The van der Waals surface area contributed by atoms with Crippen LogP contribution in [0, 0.1) is 5.82 Å². The number of hydrogen-bond acceptors (Lipinski definition) is 3. The van der Waals surface area contributed by atoms with Crippen LogP contribution < -0.4 is 5.32 Å². The van der Waals surface area contributed by atoms with Gasteiger partial charge in [0.2, 0.25) is 0 Å². The molecule has 4 rings (SSSR count). The van der Waals surface area contributed by atoms with Crippen LogP contribution in [0.5, 0.6) is 0 Å². The van der Waals surface area contributed by atoms with E-state index in [1.165, 1.54) is 6.07 Å². The van der Waals surface area contributed by atoms with Crippen LogP contribution >= 0.6 is 0 Å². The van der Waals surface area contributed by atoms with E-state index in [4.69, 9.17) is 0 Å². The number of hydrogen-bond donors (Lipinski definition) is 2. The van der Waals surface area contributed by atoms with Gasteiger partial charge >= 0.3 is 0 Å². The maximum atomic E-state index is 13.6. The molecule has 0 unspecified atom stereocenters. The van der Waals surface area contributed by atoms with Crippen molar-refractivity contribution in [3.63, 3.8) is 0 Å². The number of imidazole rings is 1. The van der Waals surface area contributed by atoms with Gasteiger partial charge in [0.25, 0.3) is 5.91 Å². The summed E-state index contributed by atoms with van der Waals surface area (Å²) in [4.78, 5) is 22.6. The summed E-state index contributed by atoms with van der Waals surface area (Å²) in [5.41, 5.74) is 2.25. The van der Waals surface area contributed by atoms with E-state index in [1.54, 1.807) is 18.3 Å². The minimum atomic E-state index is -0.288. The predicted octanol–water partition coefficient (Wildman–Crippen LogP) is 2.95. The average Bonchev–Trinajstić information content (AvgIpc) is 3.12. The maximum absolute atomic E-state index is 13.6. The van der Waals surface area contributed by atoms with Crippen molar-refractivity contribution >= 4 is 5.91 Å². The molecule has 0 spiro atoms. The third kappa shape index (κ3) is 3.14. The summed E-state index contributed by atoms with van der Waals surface area (Å²) >= 11 is 0. The summed E-state index contributed by atoms with van der Waals surface area (Å²) in [6, 6.07) is 4.86. The number of nitrogens with one attached hydrogen (secondary N) is 2. The number of amides is 1. The lowest BCUT2D eigenvalue weighted by Crippen LogP contribution is -2.45. The highest BCUT2D eigenvalue weighted by Gasteiger charge is 2.35. The number of benzene rings is 1. The fourth-order valence-electron chi connectivity index (χ4n) is 4.20. The molecule has 2 aliphatic heterocycles. The first-order valence-corrected chi connectivity index (χ1v) is 9.28. The van der Waals surface area contributed by atoms with E-state index in [1.807, 2.05) is 4.90 Å². The molecule has 0 bridgehead atoms. The number of carbonyl (C=O) groups excluding carboxylic acids is 1. The van der Waals surface area contributed by atoms with Crippen LogP contribution in [0.3, 0.4) is 0 Å². The lowest BCUT2D eigenvalue weighted by molar-refractivity contribution is 0.0680. The number of rotatable bonds is 2. The van der Waals surface area contributed by atoms with Crippen LogP contribution in [0.4, 0.5) is 4.39 Å². The van der Waals surface area contributed by atoms with E-state index >= 15 is 0 Å². The van der Waals surface area contributed by atoms with Crippen molar-refractivity contribution in [2.24, 2.45) is 0 Å². The molecule has 2 aliphatic rings. The Bertz CT molecular complexity index is 823. The van der Waals surface area contributed by atoms with E-state index in [0.29, 0.717) is 24.7 Å². The summed E-state index contributed by atoms with van der Waals surface area (Å²) in [6.45, 7) is 7.14. The normalized spacial score (nSPS) is 20.0. The van der Waals surface area contributed by atoms with Gasteiger partial charge in [-0.1, -0.05) is 19.9 Å². The zero-order chi connectivity index (χ0) is 18.3. The van der Waals surface area contributed by atoms with E-state index in [-0.39, 0.29) is 17.1 Å². The topological polar surface area (TPSA) is 61.0 Å².